The highest BCUT2D eigenvalue weighted by atomic mass is 35.5. The van der Waals surface area contributed by atoms with Crippen molar-refractivity contribution in [1.82, 2.24) is 14.5 Å². The molecule has 5 rings (SSSR count). The number of carbonyl (C=O) groups is 1. The molecule has 0 aliphatic carbocycles. The number of fused-ring (bicyclic) bond motifs is 3. The molecule has 0 saturated heterocycles. The van der Waals surface area contributed by atoms with E-state index in [2.05, 4.69) is 0 Å². The van der Waals surface area contributed by atoms with Gasteiger partial charge in [-0.2, -0.15) is 0 Å². The molecule has 8 heteroatoms. The van der Waals surface area contributed by atoms with E-state index in [1.165, 1.54) is 11.3 Å². The lowest BCUT2D eigenvalue weighted by Gasteiger charge is -2.25. The van der Waals surface area contributed by atoms with Gasteiger partial charge in [0.25, 0.3) is 5.56 Å². The van der Waals surface area contributed by atoms with Gasteiger partial charge in [-0.05, 0) is 48.2 Å². The summed E-state index contributed by atoms with van der Waals surface area (Å²) in [5.41, 5.74) is 3.97. The maximum atomic E-state index is 13.9. The lowest BCUT2D eigenvalue weighted by Crippen LogP contribution is -2.34. The smallest absolute Gasteiger partial charge is 0.267 e. The number of nitrogens with zero attached hydrogens (tertiary/aromatic N) is 3. The van der Waals surface area contributed by atoms with Gasteiger partial charge >= 0.3 is 0 Å². The molecule has 0 fully saturated rings. The molecule has 168 valence electrons. The highest BCUT2D eigenvalue weighted by molar-refractivity contribution is 7.98. The van der Waals surface area contributed by atoms with Crippen LogP contribution < -0.4 is 5.56 Å². The Bertz CT molecular complexity index is 1430. The number of thioether (sulfide) groups is 1. The van der Waals surface area contributed by atoms with Crippen LogP contribution in [0.25, 0.3) is 15.9 Å². The van der Waals surface area contributed by atoms with Crippen molar-refractivity contribution < 1.29 is 4.79 Å². The molecular weight excluding hydrogens is 474 g/mol. The Balaban J connectivity index is 1.65. The topological polar surface area (TPSA) is 55.2 Å². The Morgan fingerprint density at radius 2 is 1.94 bits per heavy atom. The molecule has 5 nitrogen and oxygen atoms in total. The van der Waals surface area contributed by atoms with Gasteiger partial charge in [0.2, 0.25) is 5.91 Å². The number of aromatic nitrogens is 2. The van der Waals surface area contributed by atoms with E-state index < -0.39 is 0 Å². The first-order valence-electron chi connectivity index (χ1n) is 10.7. The van der Waals surface area contributed by atoms with Crippen LogP contribution in [-0.2, 0) is 23.5 Å². The van der Waals surface area contributed by atoms with Crippen molar-refractivity contribution in [3.63, 3.8) is 0 Å². The summed E-state index contributed by atoms with van der Waals surface area (Å²) in [7, 11) is 0. The summed E-state index contributed by atoms with van der Waals surface area (Å²) >= 11 is 9.10. The number of hydrogen-bond donors (Lipinski definition) is 0. The number of carbonyl (C=O) groups excluding carboxylic acids is 1. The molecule has 0 unspecified atom stereocenters. The SMILES string of the molecule is CC(=O)N1CCc2c(sc3nc(SCc4ccc(Cl)cc4)n(-c4ccccc4C)c(=O)c23)C1. The number of aryl methyl sites for hydroxylation is 1. The molecule has 0 bridgehead atoms. The second-order valence-electron chi connectivity index (χ2n) is 8.11. The molecule has 1 aliphatic rings. The van der Waals surface area contributed by atoms with Gasteiger partial charge in [-0.25, -0.2) is 4.98 Å². The van der Waals surface area contributed by atoms with Crippen LogP contribution in [0, 0.1) is 6.92 Å². The third kappa shape index (κ3) is 4.21. The minimum atomic E-state index is -0.0401. The van der Waals surface area contributed by atoms with Gasteiger partial charge < -0.3 is 4.90 Å². The van der Waals surface area contributed by atoms with Crippen LogP contribution in [0.15, 0.2) is 58.5 Å². The van der Waals surface area contributed by atoms with Gasteiger partial charge in [0.05, 0.1) is 17.6 Å². The average molecular weight is 496 g/mol. The maximum Gasteiger partial charge on any atom is 0.267 e. The summed E-state index contributed by atoms with van der Waals surface area (Å²) < 4.78 is 1.75. The van der Waals surface area contributed by atoms with Crippen LogP contribution >= 0.6 is 34.7 Å². The molecule has 0 atom stereocenters. The third-order valence-electron chi connectivity index (χ3n) is 5.93. The average Bonchev–Trinajstić information content (AvgIpc) is 3.17. The Hall–Kier alpha value is -2.61. The summed E-state index contributed by atoms with van der Waals surface area (Å²) in [4.78, 5) is 34.4. The van der Waals surface area contributed by atoms with Crippen molar-refractivity contribution in [3.8, 4) is 5.69 Å². The van der Waals surface area contributed by atoms with Crippen molar-refractivity contribution in [2.75, 3.05) is 6.54 Å². The second-order valence-corrected chi connectivity index (χ2v) is 10.6. The highest BCUT2D eigenvalue weighted by Crippen LogP contribution is 2.35. The van der Waals surface area contributed by atoms with Crippen molar-refractivity contribution in [2.45, 2.75) is 37.7 Å². The number of thiophene rings is 1. The quantitative estimate of drug-likeness (QED) is 0.273. The number of amides is 1. The zero-order valence-corrected chi connectivity index (χ0v) is 20.7. The Labute approximate surface area is 205 Å². The fraction of sp³-hybridized carbons (Fsp3) is 0.240. The fourth-order valence-corrected chi connectivity index (χ4v) is 6.51. The molecule has 0 N–H and O–H groups in total. The van der Waals surface area contributed by atoms with Gasteiger partial charge in [0.15, 0.2) is 5.16 Å². The van der Waals surface area contributed by atoms with E-state index in [1.807, 2.05) is 60.4 Å². The summed E-state index contributed by atoms with van der Waals surface area (Å²) in [5, 5.41) is 2.06. The molecule has 3 heterocycles. The minimum absolute atomic E-state index is 0.0401. The second kappa shape index (κ2) is 8.97. The zero-order valence-electron chi connectivity index (χ0n) is 18.3. The normalized spacial score (nSPS) is 13.4. The molecular formula is C25H22ClN3O2S2. The Morgan fingerprint density at radius 3 is 2.67 bits per heavy atom. The number of hydrogen-bond acceptors (Lipinski definition) is 5. The van der Waals surface area contributed by atoms with Crippen LogP contribution in [-0.4, -0.2) is 26.9 Å². The van der Waals surface area contributed by atoms with Crippen molar-refractivity contribution in [3.05, 3.63) is 85.5 Å². The molecule has 1 aliphatic heterocycles. The summed E-state index contributed by atoms with van der Waals surface area (Å²) in [6.45, 7) is 4.77. The molecule has 2 aromatic heterocycles. The number of halogens is 1. The fourth-order valence-electron chi connectivity index (χ4n) is 4.14. The van der Waals surface area contributed by atoms with E-state index in [9.17, 15) is 9.59 Å². The number of para-hydroxylation sites is 1. The zero-order chi connectivity index (χ0) is 23.1. The van der Waals surface area contributed by atoms with E-state index in [-0.39, 0.29) is 11.5 Å². The molecule has 4 aromatic rings. The van der Waals surface area contributed by atoms with Crippen LogP contribution in [0.1, 0.15) is 28.5 Å². The molecule has 0 saturated carbocycles. The first-order chi connectivity index (χ1) is 15.9. The lowest BCUT2D eigenvalue weighted by atomic mass is 10.1. The molecule has 2 aromatic carbocycles. The maximum absolute atomic E-state index is 13.9. The minimum Gasteiger partial charge on any atom is -0.337 e. The molecule has 0 spiro atoms. The van der Waals surface area contributed by atoms with Crippen LogP contribution in [0.2, 0.25) is 5.02 Å². The predicted octanol–water partition coefficient (Wildman–Crippen LogP) is 5.61. The van der Waals surface area contributed by atoms with Gasteiger partial charge in [0, 0.05) is 29.1 Å². The van der Waals surface area contributed by atoms with E-state index in [0.29, 0.717) is 40.8 Å². The highest BCUT2D eigenvalue weighted by Gasteiger charge is 2.26. The monoisotopic (exact) mass is 495 g/mol. The molecule has 1 amide bonds. The van der Waals surface area contributed by atoms with Gasteiger partial charge in [-0.15, -0.1) is 11.3 Å². The standard InChI is InChI=1S/C25H22ClN3O2S2/c1-15-5-3-4-6-20(15)29-24(31)22-19-11-12-28(16(2)30)13-21(19)33-23(22)27-25(29)32-14-17-7-9-18(26)10-8-17/h3-10H,11-14H2,1-2H3. The third-order valence-corrected chi connectivity index (χ3v) is 8.30. The largest absolute Gasteiger partial charge is 0.337 e. The molecule has 0 radical (unpaired) electrons. The van der Waals surface area contributed by atoms with Crippen LogP contribution in [0.4, 0.5) is 0 Å². The van der Waals surface area contributed by atoms with Crippen molar-refractivity contribution >= 4 is 50.8 Å². The first-order valence-corrected chi connectivity index (χ1v) is 12.9. The van der Waals surface area contributed by atoms with Crippen molar-refractivity contribution in [1.29, 1.82) is 0 Å². The van der Waals surface area contributed by atoms with Gasteiger partial charge in [-0.1, -0.05) is 53.7 Å². The lowest BCUT2D eigenvalue weighted by molar-refractivity contribution is -0.129. The molecule has 33 heavy (non-hydrogen) atoms. The Morgan fingerprint density at radius 1 is 1.18 bits per heavy atom. The van der Waals surface area contributed by atoms with E-state index >= 15 is 0 Å². The predicted molar refractivity (Wildman–Crippen MR) is 136 cm³/mol. The summed E-state index contributed by atoms with van der Waals surface area (Å²) in [6.07, 6.45) is 0.677. The van der Waals surface area contributed by atoms with Gasteiger partial charge in [0.1, 0.15) is 4.83 Å². The first kappa shape index (κ1) is 22.2. The Kier molecular flexibility index (Phi) is 6.03. The van der Waals surface area contributed by atoms with E-state index in [0.717, 1.165) is 32.1 Å². The number of benzene rings is 2. The van der Waals surface area contributed by atoms with Crippen LogP contribution in [0.3, 0.4) is 0 Å². The van der Waals surface area contributed by atoms with Crippen LogP contribution in [0.5, 0.6) is 0 Å². The van der Waals surface area contributed by atoms with E-state index in [1.54, 1.807) is 23.3 Å². The van der Waals surface area contributed by atoms with Gasteiger partial charge in [-0.3, -0.25) is 14.2 Å². The summed E-state index contributed by atoms with van der Waals surface area (Å²) in [6, 6.07) is 15.6. The van der Waals surface area contributed by atoms with Crippen molar-refractivity contribution in [2.24, 2.45) is 0 Å². The van der Waals surface area contributed by atoms with E-state index in [4.69, 9.17) is 16.6 Å². The number of rotatable bonds is 4. The summed E-state index contributed by atoms with van der Waals surface area (Å²) in [5.74, 6) is 0.729.